The van der Waals surface area contributed by atoms with Gasteiger partial charge in [-0.15, -0.1) is 10.2 Å². The number of aromatic nitrogens is 4. The molecule has 9 nitrogen and oxygen atoms in total. The first-order valence-electron chi connectivity index (χ1n) is 13.8. The SMILES string of the molecule is CC(C)(C)C1=NN(/C(=N\c2nnc(C(C)(C)C)s2)N(Cc2ccccn2)Cc2ccccn2)C(c2ccccc2O)S1. The van der Waals surface area contributed by atoms with Crippen LogP contribution in [0.2, 0.25) is 0 Å². The summed E-state index contributed by atoms with van der Waals surface area (Å²) in [6, 6.07) is 19.2. The van der Waals surface area contributed by atoms with Crippen molar-refractivity contribution < 1.29 is 5.11 Å². The molecule has 1 N–H and O–H groups in total. The molecule has 5 rings (SSSR count). The molecule has 0 saturated heterocycles. The van der Waals surface area contributed by atoms with E-state index in [1.54, 1.807) is 30.2 Å². The van der Waals surface area contributed by atoms with E-state index in [0.717, 1.165) is 27.0 Å². The first-order chi connectivity index (χ1) is 20.0. The third-order valence-electron chi connectivity index (χ3n) is 6.39. The van der Waals surface area contributed by atoms with Gasteiger partial charge in [0.15, 0.2) is 0 Å². The molecule has 1 aliphatic heterocycles. The van der Waals surface area contributed by atoms with Crippen molar-refractivity contribution in [3.8, 4) is 5.75 Å². The number of pyridine rings is 2. The molecule has 1 unspecified atom stereocenters. The van der Waals surface area contributed by atoms with Crippen LogP contribution in [0.15, 0.2) is 83.2 Å². The topological polar surface area (TPSA) is 103 Å². The van der Waals surface area contributed by atoms with Crippen molar-refractivity contribution in [1.82, 2.24) is 30.1 Å². The fourth-order valence-electron chi connectivity index (χ4n) is 4.19. The van der Waals surface area contributed by atoms with Gasteiger partial charge in [0.25, 0.3) is 0 Å². The van der Waals surface area contributed by atoms with Crippen LogP contribution >= 0.6 is 23.1 Å². The number of phenolic OH excluding ortho intramolecular Hbond substituents is 1. The zero-order valence-electron chi connectivity index (χ0n) is 24.8. The normalized spacial score (nSPS) is 16.0. The van der Waals surface area contributed by atoms with Gasteiger partial charge < -0.3 is 10.0 Å². The molecule has 0 amide bonds. The average molecular weight is 601 g/mol. The number of hydrogen-bond donors (Lipinski definition) is 1. The third kappa shape index (κ3) is 6.96. The molecule has 0 spiro atoms. The zero-order chi connectivity index (χ0) is 29.9. The van der Waals surface area contributed by atoms with E-state index in [4.69, 9.17) is 10.1 Å². The summed E-state index contributed by atoms with van der Waals surface area (Å²) in [4.78, 5) is 16.5. The molecule has 0 bridgehead atoms. The summed E-state index contributed by atoms with van der Waals surface area (Å²) in [5.74, 6) is 0.777. The van der Waals surface area contributed by atoms with E-state index in [2.05, 4.69) is 66.6 Å². The predicted octanol–water partition coefficient (Wildman–Crippen LogP) is 7.13. The number of aliphatic imine (C=N–C) groups is 1. The number of phenols is 1. The first-order valence-corrected chi connectivity index (χ1v) is 15.5. The highest BCUT2D eigenvalue weighted by Crippen LogP contribution is 2.47. The highest BCUT2D eigenvalue weighted by molar-refractivity contribution is 8.14. The molecule has 4 heterocycles. The molecule has 42 heavy (non-hydrogen) atoms. The van der Waals surface area contributed by atoms with Gasteiger partial charge in [0.2, 0.25) is 11.1 Å². The van der Waals surface area contributed by atoms with Gasteiger partial charge in [0, 0.05) is 28.8 Å². The lowest BCUT2D eigenvalue weighted by molar-refractivity contribution is 0.300. The standard InChI is InChI=1S/C31H36N8OS2/c1-30(2,3)26-35-36-28(42-26)34-29(38(19-21-13-9-11-17-32-21)20-22-14-10-12-18-33-22)39-25(23-15-7-8-16-24(23)40)41-27(37-39)31(4,5)6/h7-18,25,40H,19-20H2,1-6H3/b34-29-. The van der Waals surface area contributed by atoms with Crippen LogP contribution in [-0.4, -0.2) is 46.2 Å². The molecule has 4 aromatic rings. The Morgan fingerprint density at radius 2 is 1.48 bits per heavy atom. The number of hydrogen-bond acceptors (Lipinski definition) is 9. The monoisotopic (exact) mass is 600 g/mol. The minimum Gasteiger partial charge on any atom is -0.508 e. The van der Waals surface area contributed by atoms with Crippen LogP contribution in [0.5, 0.6) is 5.75 Å². The average Bonchev–Trinajstić information content (AvgIpc) is 3.61. The summed E-state index contributed by atoms with van der Waals surface area (Å²) in [7, 11) is 0. The van der Waals surface area contributed by atoms with E-state index in [1.165, 1.54) is 11.3 Å². The van der Waals surface area contributed by atoms with E-state index >= 15 is 0 Å². The molecule has 3 aromatic heterocycles. The number of para-hydroxylation sites is 1. The largest absolute Gasteiger partial charge is 0.508 e. The van der Waals surface area contributed by atoms with Crippen LogP contribution < -0.4 is 0 Å². The molecule has 0 radical (unpaired) electrons. The van der Waals surface area contributed by atoms with Gasteiger partial charge in [-0.2, -0.15) is 10.1 Å². The lowest BCUT2D eigenvalue weighted by Crippen LogP contribution is -2.41. The summed E-state index contributed by atoms with van der Waals surface area (Å²) >= 11 is 3.08. The minimum atomic E-state index is -0.357. The summed E-state index contributed by atoms with van der Waals surface area (Å²) in [6.45, 7) is 13.7. The molecule has 218 valence electrons. The number of guanidine groups is 1. The van der Waals surface area contributed by atoms with Crippen LogP contribution in [0, 0.1) is 5.41 Å². The molecule has 11 heteroatoms. The van der Waals surface area contributed by atoms with Crippen molar-refractivity contribution >= 4 is 39.2 Å². The third-order valence-corrected chi connectivity index (χ3v) is 9.22. The van der Waals surface area contributed by atoms with Crippen molar-refractivity contribution in [2.24, 2.45) is 15.5 Å². The molecule has 0 aliphatic carbocycles. The minimum absolute atomic E-state index is 0.160. The van der Waals surface area contributed by atoms with Crippen LogP contribution in [0.3, 0.4) is 0 Å². The Hall–Kier alpha value is -3.83. The van der Waals surface area contributed by atoms with E-state index in [1.807, 2.05) is 59.6 Å². The number of nitrogens with zero attached hydrogens (tertiary/aromatic N) is 8. The number of benzene rings is 1. The Morgan fingerprint density at radius 1 is 0.857 bits per heavy atom. The van der Waals surface area contributed by atoms with Crippen LogP contribution in [0.1, 0.15) is 68.9 Å². The Morgan fingerprint density at radius 3 is 2.00 bits per heavy atom. The molecule has 1 atom stereocenters. The summed E-state index contributed by atoms with van der Waals surface area (Å²) < 4.78 is 0. The van der Waals surface area contributed by atoms with Gasteiger partial charge >= 0.3 is 0 Å². The lowest BCUT2D eigenvalue weighted by atomic mass is 9.98. The Bertz CT molecular complexity index is 1520. The van der Waals surface area contributed by atoms with Gasteiger partial charge in [0.05, 0.1) is 24.5 Å². The van der Waals surface area contributed by atoms with E-state index in [-0.39, 0.29) is 22.0 Å². The second-order valence-electron chi connectivity index (χ2n) is 12.1. The van der Waals surface area contributed by atoms with Crippen molar-refractivity contribution in [3.63, 3.8) is 0 Å². The van der Waals surface area contributed by atoms with Gasteiger partial charge in [-0.1, -0.05) is 95.0 Å². The van der Waals surface area contributed by atoms with E-state index < -0.39 is 0 Å². The number of thioether (sulfide) groups is 1. The summed E-state index contributed by atoms with van der Waals surface area (Å²) in [6.07, 6.45) is 3.58. The van der Waals surface area contributed by atoms with Crippen molar-refractivity contribution in [1.29, 1.82) is 0 Å². The maximum Gasteiger partial charge on any atom is 0.234 e. The fraction of sp³-hybridized carbons (Fsp3) is 0.355. The molecule has 1 aliphatic rings. The zero-order valence-corrected chi connectivity index (χ0v) is 26.4. The van der Waals surface area contributed by atoms with Gasteiger partial charge in [0.1, 0.15) is 21.2 Å². The Balaban J connectivity index is 1.69. The predicted molar refractivity (Wildman–Crippen MR) is 171 cm³/mol. The quantitative estimate of drug-likeness (QED) is 0.184. The van der Waals surface area contributed by atoms with Crippen LogP contribution in [0.4, 0.5) is 5.13 Å². The van der Waals surface area contributed by atoms with Crippen molar-refractivity contribution in [3.05, 3.63) is 95.0 Å². The lowest BCUT2D eigenvalue weighted by Gasteiger charge is -2.32. The second-order valence-corrected chi connectivity index (χ2v) is 14.1. The summed E-state index contributed by atoms with van der Waals surface area (Å²) in [5.41, 5.74) is 2.12. The number of hydrazone groups is 1. The van der Waals surface area contributed by atoms with Crippen LogP contribution in [-0.2, 0) is 18.5 Å². The fourth-order valence-corrected chi connectivity index (χ4v) is 6.22. The number of aromatic hydroxyl groups is 1. The van der Waals surface area contributed by atoms with Gasteiger partial charge in [-0.3, -0.25) is 9.97 Å². The maximum absolute atomic E-state index is 11.0. The molecular formula is C31H36N8OS2. The molecule has 0 saturated carbocycles. The molecule has 0 fully saturated rings. The Kier molecular flexibility index (Phi) is 8.60. The smallest absolute Gasteiger partial charge is 0.234 e. The highest BCUT2D eigenvalue weighted by Gasteiger charge is 2.40. The van der Waals surface area contributed by atoms with E-state index in [0.29, 0.717) is 24.2 Å². The van der Waals surface area contributed by atoms with Gasteiger partial charge in [-0.25, -0.2) is 5.01 Å². The Labute approximate surface area is 255 Å². The van der Waals surface area contributed by atoms with Gasteiger partial charge in [-0.05, 0) is 30.3 Å². The highest BCUT2D eigenvalue weighted by atomic mass is 32.2. The van der Waals surface area contributed by atoms with Crippen LogP contribution in [0.25, 0.3) is 0 Å². The second kappa shape index (κ2) is 12.2. The number of rotatable bonds is 6. The summed E-state index contributed by atoms with van der Waals surface area (Å²) in [5, 5.41) is 29.0. The first kappa shape index (κ1) is 29.7. The van der Waals surface area contributed by atoms with Crippen molar-refractivity contribution in [2.45, 2.75) is 65.4 Å². The molecule has 1 aromatic carbocycles. The van der Waals surface area contributed by atoms with Crippen molar-refractivity contribution in [2.75, 3.05) is 0 Å². The maximum atomic E-state index is 11.0. The molecular weight excluding hydrogens is 565 g/mol. The van der Waals surface area contributed by atoms with E-state index in [9.17, 15) is 5.11 Å².